The van der Waals surface area contributed by atoms with Gasteiger partial charge in [-0.3, -0.25) is 10.6 Å². The Hall–Kier alpha value is -3.00. The number of halogens is 4. The number of hydrogen-bond acceptors (Lipinski definition) is 9. The molecule has 2 aliphatic heterocycles. The van der Waals surface area contributed by atoms with Gasteiger partial charge in [-0.1, -0.05) is 12.1 Å². The van der Waals surface area contributed by atoms with Crippen molar-refractivity contribution in [1.29, 1.82) is 0 Å². The minimum Gasteiger partial charge on any atom is -0.383 e. The van der Waals surface area contributed by atoms with Gasteiger partial charge < -0.3 is 20.2 Å². The molecule has 2 aromatic rings. The van der Waals surface area contributed by atoms with Gasteiger partial charge in [-0.2, -0.15) is 18.2 Å². The number of pyridine rings is 1. The van der Waals surface area contributed by atoms with E-state index in [1.807, 2.05) is 4.90 Å². The second-order valence-corrected chi connectivity index (χ2v) is 8.41. The number of benzene rings is 1. The summed E-state index contributed by atoms with van der Waals surface area (Å²) in [5, 5.41) is 0.544. The molecule has 1 fully saturated rings. The second kappa shape index (κ2) is 9.57. The Morgan fingerprint density at radius 3 is 2.66 bits per heavy atom. The van der Waals surface area contributed by atoms with Gasteiger partial charge in [-0.15, -0.1) is 0 Å². The fourth-order valence-electron chi connectivity index (χ4n) is 4.44. The number of hydrogen-bond donors (Lipinski definition) is 2. The van der Waals surface area contributed by atoms with E-state index in [9.17, 15) is 18.0 Å². The van der Waals surface area contributed by atoms with Crippen molar-refractivity contribution in [2.45, 2.75) is 37.5 Å². The molecule has 3 unspecified atom stereocenters. The third-order valence-electron chi connectivity index (χ3n) is 6.24. The lowest BCUT2D eigenvalue weighted by Gasteiger charge is -2.42. The molecule has 0 amide bonds. The van der Waals surface area contributed by atoms with Crippen LogP contribution in [-0.4, -0.2) is 61.7 Å². The van der Waals surface area contributed by atoms with Gasteiger partial charge in [0.2, 0.25) is 0 Å². The van der Waals surface area contributed by atoms with Crippen LogP contribution in [-0.2, 0) is 14.4 Å². The smallest absolute Gasteiger partial charge is 0.383 e. The summed E-state index contributed by atoms with van der Waals surface area (Å²) in [4.78, 5) is 23.9. The normalized spacial score (nSPS) is 22.9. The highest BCUT2D eigenvalue weighted by Crippen LogP contribution is 2.40. The number of anilines is 2. The van der Waals surface area contributed by atoms with Crippen LogP contribution in [0.25, 0.3) is 11.3 Å². The Morgan fingerprint density at radius 1 is 1.23 bits per heavy atom. The molecule has 0 spiro atoms. The average molecular weight is 498 g/mol. The van der Waals surface area contributed by atoms with Crippen molar-refractivity contribution in [3.05, 3.63) is 41.7 Å². The van der Waals surface area contributed by atoms with Gasteiger partial charge in [-0.25, -0.2) is 14.2 Å². The van der Waals surface area contributed by atoms with Gasteiger partial charge in [0.1, 0.15) is 5.82 Å². The quantitative estimate of drug-likeness (QED) is 0.601. The summed E-state index contributed by atoms with van der Waals surface area (Å²) in [5.41, 5.74) is 13.3. The maximum Gasteiger partial charge on any atom is 0.493 e. The van der Waals surface area contributed by atoms with Crippen LogP contribution in [0.2, 0.25) is 0 Å². The first-order valence-corrected chi connectivity index (χ1v) is 10.9. The minimum atomic E-state index is -5.26. The molecule has 13 heteroatoms. The Kier molecular flexibility index (Phi) is 6.86. The number of ether oxygens (including phenoxy) is 1. The highest BCUT2D eigenvalue weighted by Gasteiger charge is 2.46. The predicted octanol–water partition coefficient (Wildman–Crippen LogP) is 2.47. The maximum atomic E-state index is 15.2. The summed E-state index contributed by atoms with van der Waals surface area (Å²) in [7, 11) is 3.05. The van der Waals surface area contributed by atoms with Crippen LogP contribution in [0.5, 0.6) is 0 Å². The molecule has 4 N–H and O–H groups in total. The van der Waals surface area contributed by atoms with E-state index in [-0.39, 0.29) is 28.7 Å². The molecular formula is C22H26F4N6O3. The van der Waals surface area contributed by atoms with Gasteiger partial charge in [0, 0.05) is 24.9 Å². The van der Waals surface area contributed by atoms with Crippen LogP contribution >= 0.6 is 0 Å². The summed E-state index contributed by atoms with van der Waals surface area (Å²) < 4.78 is 59.3. The van der Waals surface area contributed by atoms with Crippen LogP contribution in [0.1, 0.15) is 24.6 Å². The third kappa shape index (κ3) is 4.63. The molecule has 0 saturated carbocycles. The fourth-order valence-corrected chi connectivity index (χ4v) is 4.44. The van der Waals surface area contributed by atoms with Crippen LogP contribution in [0.3, 0.4) is 0 Å². The molecule has 0 aliphatic carbocycles. The highest BCUT2D eigenvalue weighted by molar-refractivity contribution is 5.80. The number of aromatic nitrogens is 1. The largest absolute Gasteiger partial charge is 0.493 e. The SMILES string of the molecule is COCC1CCCN1c1cccc(F)c1-c1ccc2c(n1)N(OC(=O)C(F)(F)F)C(N)N(C)C2N. The number of carbonyl (C=O) groups excluding carboxylic acids is 1. The number of nitrogens with zero attached hydrogens (tertiary/aromatic N) is 4. The number of alkyl halides is 3. The maximum absolute atomic E-state index is 15.2. The zero-order chi connectivity index (χ0) is 25.5. The Morgan fingerprint density at radius 2 is 1.97 bits per heavy atom. The van der Waals surface area contributed by atoms with Gasteiger partial charge in [0.05, 0.1) is 30.1 Å². The molecule has 0 bridgehead atoms. The summed E-state index contributed by atoms with van der Waals surface area (Å²) in [6.07, 6.45) is -5.74. The number of fused-ring (bicyclic) bond motifs is 1. The van der Waals surface area contributed by atoms with Gasteiger partial charge in [-0.05, 0) is 38.1 Å². The molecule has 1 saturated heterocycles. The van der Waals surface area contributed by atoms with E-state index in [1.54, 1.807) is 19.2 Å². The monoisotopic (exact) mass is 498 g/mol. The van der Waals surface area contributed by atoms with Crippen molar-refractivity contribution in [1.82, 2.24) is 9.88 Å². The third-order valence-corrected chi connectivity index (χ3v) is 6.24. The number of methoxy groups -OCH3 is 1. The number of hydroxylamine groups is 1. The van der Waals surface area contributed by atoms with Crippen molar-refractivity contribution in [2.24, 2.45) is 11.5 Å². The molecule has 1 aromatic heterocycles. The lowest BCUT2D eigenvalue weighted by atomic mass is 10.0. The summed E-state index contributed by atoms with van der Waals surface area (Å²) in [6.45, 7) is 1.12. The molecule has 2 aliphatic rings. The van der Waals surface area contributed by atoms with Gasteiger partial charge >= 0.3 is 12.1 Å². The van der Waals surface area contributed by atoms with E-state index >= 15 is 4.39 Å². The molecule has 3 heterocycles. The number of carbonyl (C=O) groups is 1. The number of rotatable bonds is 5. The topological polar surface area (TPSA) is 110 Å². The summed E-state index contributed by atoms with van der Waals surface area (Å²) in [5.74, 6) is -3.25. The Bertz CT molecular complexity index is 1100. The van der Waals surface area contributed by atoms with E-state index in [1.165, 1.54) is 30.1 Å². The summed E-state index contributed by atoms with van der Waals surface area (Å²) in [6, 6.07) is 7.65. The standard InChI is InChI=1S/C22H26F4N6O3/c1-30-18(27)13-8-9-15(29-19(13)32(21(30)28)35-20(33)22(24,25)26)17-14(23)6-3-7-16(17)31-10-4-5-12(31)11-34-2/h3,6-9,12,18,21H,4-5,10-11,27-28H2,1-2H3. The minimum absolute atomic E-state index is 0.0258. The van der Waals surface area contributed by atoms with Crippen molar-refractivity contribution < 1.29 is 31.9 Å². The van der Waals surface area contributed by atoms with Gasteiger partial charge in [0.15, 0.2) is 12.1 Å². The van der Waals surface area contributed by atoms with Crippen molar-refractivity contribution in [3.8, 4) is 11.3 Å². The summed E-state index contributed by atoms with van der Waals surface area (Å²) >= 11 is 0. The van der Waals surface area contributed by atoms with E-state index in [0.717, 1.165) is 12.8 Å². The zero-order valence-corrected chi connectivity index (χ0v) is 19.1. The van der Waals surface area contributed by atoms with Crippen LogP contribution in [0.15, 0.2) is 30.3 Å². The molecule has 4 rings (SSSR count). The van der Waals surface area contributed by atoms with Crippen LogP contribution < -0.4 is 21.4 Å². The molecule has 9 nitrogen and oxygen atoms in total. The van der Waals surface area contributed by atoms with E-state index in [2.05, 4.69) is 9.82 Å². The molecule has 35 heavy (non-hydrogen) atoms. The van der Waals surface area contributed by atoms with Crippen LogP contribution in [0.4, 0.5) is 29.1 Å². The van der Waals surface area contributed by atoms with Crippen molar-refractivity contribution >= 4 is 17.5 Å². The lowest BCUT2D eigenvalue weighted by Crippen LogP contribution is -2.60. The number of nitrogens with two attached hydrogens (primary N) is 2. The van der Waals surface area contributed by atoms with Crippen molar-refractivity contribution in [2.75, 3.05) is 37.3 Å². The average Bonchev–Trinajstić information content (AvgIpc) is 3.27. The second-order valence-electron chi connectivity index (χ2n) is 8.41. The van der Waals surface area contributed by atoms with Crippen LogP contribution in [0, 0.1) is 5.82 Å². The van der Waals surface area contributed by atoms with E-state index in [0.29, 0.717) is 23.9 Å². The van der Waals surface area contributed by atoms with E-state index < -0.39 is 30.4 Å². The predicted molar refractivity (Wildman–Crippen MR) is 119 cm³/mol. The molecular weight excluding hydrogens is 472 g/mol. The van der Waals surface area contributed by atoms with Crippen molar-refractivity contribution in [3.63, 3.8) is 0 Å². The Balaban J connectivity index is 1.81. The lowest BCUT2D eigenvalue weighted by molar-refractivity contribution is -0.204. The molecule has 190 valence electrons. The van der Waals surface area contributed by atoms with Gasteiger partial charge in [0.25, 0.3) is 0 Å². The first-order valence-electron chi connectivity index (χ1n) is 10.9. The molecule has 3 atom stereocenters. The Labute approximate surface area is 199 Å². The first-order chi connectivity index (χ1) is 16.5. The molecule has 1 aromatic carbocycles. The van der Waals surface area contributed by atoms with E-state index in [4.69, 9.17) is 16.2 Å². The zero-order valence-electron chi connectivity index (χ0n) is 19.1. The highest BCUT2D eigenvalue weighted by atomic mass is 19.4. The fraction of sp³-hybridized carbons (Fsp3) is 0.455. The first kappa shape index (κ1) is 25.1. The molecule has 0 radical (unpaired) electrons.